The van der Waals surface area contributed by atoms with Gasteiger partial charge in [-0.3, -0.25) is 0 Å². The second kappa shape index (κ2) is 6.39. The lowest BCUT2D eigenvalue weighted by atomic mass is 9.77. The van der Waals surface area contributed by atoms with Gasteiger partial charge in [0.15, 0.2) is 0 Å². The average Bonchev–Trinajstić information content (AvgIpc) is 2.42. The first kappa shape index (κ1) is 14.5. The lowest BCUT2D eigenvalue weighted by molar-refractivity contribution is 0.203. The molecule has 0 aliphatic carbocycles. The Balaban J connectivity index is 2.40. The normalized spacial score (nSPS) is 26.4. The van der Waals surface area contributed by atoms with Crippen LogP contribution in [0, 0.1) is 17.3 Å². The molecule has 2 unspecified atom stereocenters. The highest BCUT2D eigenvalue weighted by Crippen LogP contribution is 2.34. The first-order valence-electron chi connectivity index (χ1n) is 6.71. The Kier molecular flexibility index (Phi) is 5.79. The summed E-state index contributed by atoms with van der Waals surface area (Å²) in [7, 11) is 0. The molecule has 1 fully saturated rings. The Labute approximate surface area is 110 Å². The molecule has 0 saturated carbocycles. The van der Waals surface area contributed by atoms with E-state index in [-0.39, 0.29) is 0 Å². The number of nitrogens with zero attached hydrogens (tertiary/aromatic N) is 1. The van der Waals surface area contributed by atoms with Crippen molar-refractivity contribution in [1.29, 1.82) is 0 Å². The topological polar surface area (TPSA) is 3.24 Å². The van der Waals surface area contributed by atoms with Crippen LogP contribution >= 0.6 is 15.9 Å². The summed E-state index contributed by atoms with van der Waals surface area (Å²) in [5.41, 5.74) is 0.497. The Morgan fingerprint density at radius 2 is 1.94 bits per heavy atom. The molecule has 16 heavy (non-hydrogen) atoms. The lowest BCUT2D eigenvalue weighted by Crippen LogP contribution is -2.30. The zero-order valence-electron chi connectivity index (χ0n) is 11.4. The van der Waals surface area contributed by atoms with Crippen LogP contribution < -0.4 is 0 Å². The maximum Gasteiger partial charge on any atom is 0.00692 e. The molecule has 2 heteroatoms. The molecule has 1 heterocycles. The van der Waals surface area contributed by atoms with Crippen LogP contribution in [0.5, 0.6) is 0 Å². The summed E-state index contributed by atoms with van der Waals surface area (Å²) in [4.78, 5) is 2.66. The molecule has 0 aromatic carbocycles. The fourth-order valence-electron chi connectivity index (χ4n) is 2.69. The molecular formula is C14H28BrN. The van der Waals surface area contributed by atoms with E-state index in [0.29, 0.717) is 5.41 Å². The van der Waals surface area contributed by atoms with Gasteiger partial charge in [-0.25, -0.2) is 0 Å². The van der Waals surface area contributed by atoms with E-state index in [9.17, 15) is 0 Å². The zero-order chi connectivity index (χ0) is 12.2. The van der Waals surface area contributed by atoms with Crippen LogP contribution in [0.4, 0.5) is 0 Å². The van der Waals surface area contributed by atoms with Crippen LogP contribution in [-0.4, -0.2) is 29.9 Å². The van der Waals surface area contributed by atoms with E-state index >= 15 is 0 Å². The van der Waals surface area contributed by atoms with Gasteiger partial charge in [-0.2, -0.15) is 0 Å². The zero-order valence-corrected chi connectivity index (χ0v) is 13.0. The fraction of sp³-hybridized carbons (Fsp3) is 1.00. The minimum atomic E-state index is 0.497. The van der Waals surface area contributed by atoms with Gasteiger partial charge in [0.05, 0.1) is 0 Å². The molecule has 1 aliphatic heterocycles. The van der Waals surface area contributed by atoms with Crippen LogP contribution in [0.3, 0.4) is 0 Å². The van der Waals surface area contributed by atoms with E-state index in [1.165, 1.54) is 38.9 Å². The Bertz CT molecular complexity index is 197. The lowest BCUT2D eigenvalue weighted by Gasteiger charge is -2.30. The molecule has 0 N–H and O–H groups in total. The molecular weight excluding hydrogens is 262 g/mol. The van der Waals surface area contributed by atoms with Gasteiger partial charge in [-0.05, 0) is 49.6 Å². The number of alkyl halides is 1. The summed E-state index contributed by atoms with van der Waals surface area (Å²) < 4.78 is 0. The van der Waals surface area contributed by atoms with E-state index in [2.05, 4.69) is 48.5 Å². The second-order valence-electron chi connectivity index (χ2n) is 6.55. The second-order valence-corrected chi connectivity index (χ2v) is 7.20. The third kappa shape index (κ3) is 4.75. The van der Waals surface area contributed by atoms with Gasteiger partial charge in [0.1, 0.15) is 0 Å². The Morgan fingerprint density at radius 3 is 2.50 bits per heavy atom. The van der Waals surface area contributed by atoms with Gasteiger partial charge >= 0.3 is 0 Å². The monoisotopic (exact) mass is 289 g/mol. The number of hydrogen-bond donors (Lipinski definition) is 0. The van der Waals surface area contributed by atoms with E-state index in [4.69, 9.17) is 0 Å². The van der Waals surface area contributed by atoms with Gasteiger partial charge in [0, 0.05) is 11.9 Å². The minimum absolute atomic E-state index is 0.497. The summed E-state index contributed by atoms with van der Waals surface area (Å²) >= 11 is 3.58. The molecule has 0 radical (unpaired) electrons. The van der Waals surface area contributed by atoms with Crippen molar-refractivity contribution in [1.82, 2.24) is 4.90 Å². The quantitative estimate of drug-likeness (QED) is 0.705. The summed E-state index contributed by atoms with van der Waals surface area (Å²) in [5, 5.41) is 1.13. The van der Waals surface area contributed by atoms with E-state index in [1.54, 1.807) is 0 Å². The first-order chi connectivity index (χ1) is 7.43. The maximum absolute atomic E-state index is 3.58. The first-order valence-corrected chi connectivity index (χ1v) is 7.84. The summed E-state index contributed by atoms with van der Waals surface area (Å²) in [6.07, 6.45) is 4.19. The van der Waals surface area contributed by atoms with E-state index in [0.717, 1.165) is 17.2 Å². The standard InChI is InChI=1S/C14H28BrN/c1-12(10-15)11-16-8-5-6-13(7-9-16)14(2,3)4/h12-13H,5-11H2,1-4H3. The highest BCUT2D eigenvalue weighted by molar-refractivity contribution is 9.09. The van der Waals surface area contributed by atoms with Crippen molar-refractivity contribution in [2.45, 2.75) is 47.0 Å². The van der Waals surface area contributed by atoms with Crippen LogP contribution in [0.15, 0.2) is 0 Å². The summed E-state index contributed by atoms with van der Waals surface area (Å²) in [6.45, 7) is 13.4. The van der Waals surface area contributed by atoms with Crippen molar-refractivity contribution >= 4 is 15.9 Å². The molecule has 0 aromatic heterocycles. The predicted octanol–water partition coefficient (Wildman–Crippen LogP) is 4.17. The summed E-state index contributed by atoms with van der Waals surface area (Å²) in [6, 6.07) is 0. The molecule has 96 valence electrons. The van der Waals surface area contributed by atoms with Gasteiger partial charge in [0.2, 0.25) is 0 Å². The third-order valence-electron chi connectivity index (χ3n) is 3.88. The average molecular weight is 290 g/mol. The fourth-order valence-corrected chi connectivity index (χ4v) is 2.90. The maximum atomic E-state index is 3.58. The van der Waals surface area contributed by atoms with Gasteiger partial charge in [-0.1, -0.05) is 43.6 Å². The largest absolute Gasteiger partial charge is 0.303 e. The summed E-state index contributed by atoms with van der Waals surface area (Å²) in [5.74, 6) is 1.70. The number of hydrogen-bond acceptors (Lipinski definition) is 1. The number of likely N-dealkylation sites (tertiary alicyclic amines) is 1. The van der Waals surface area contributed by atoms with Crippen molar-refractivity contribution in [2.24, 2.45) is 17.3 Å². The molecule has 1 rings (SSSR count). The van der Waals surface area contributed by atoms with Gasteiger partial charge in [0.25, 0.3) is 0 Å². The molecule has 0 aromatic rings. The Morgan fingerprint density at radius 1 is 1.25 bits per heavy atom. The van der Waals surface area contributed by atoms with Crippen LogP contribution in [0.25, 0.3) is 0 Å². The van der Waals surface area contributed by atoms with Gasteiger partial charge in [-0.15, -0.1) is 0 Å². The van der Waals surface area contributed by atoms with E-state index < -0.39 is 0 Å². The third-order valence-corrected chi connectivity index (χ3v) is 4.98. The molecule has 0 bridgehead atoms. The smallest absolute Gasteiger partial charge is 0.00692 e. The molecule has 1 aliphatic rings. The Hall–Kier alpha value is 0.440. The van der Waals surface area contributed by atoms with Crippen LogP contribution in [0.2, 0.25) is 0 Å². The van der Waals surface area contributed by atoms with Crippen LogP contribution in [-0.2, 0) is 0 Å². The van der Waals surface area contributed by atoms with Crippen molar-refractivity contribution in [3.8, 4) is 0 Å². The highest BCUT2D eigenvalue weighted by Gasteiger charge is 2.27. The minimum Gasteiger partial charge on any atom is -0.303 e. The number of halogens is 1. The van der Waals surface area contributed by atoms with Crippen molar-refractivity contribution in [2.75, 3.05) is 25.0 Å². The molecule has 0 spiro atoms. The van der Waals surface area contributed by atoms with Crippen molar-refractivity contribution in [3.05, 3.63) is 0 Å². The van der Waals surface area contributed by atoms with Crippen molar-refractivity contribution in [3.63, 3.8) is 0 Å². The SMILES string of the molecule is CC(CBr)CN1CCCC(C(C)(C)C)CC1. The van der Waals surface area contributed by atoms with Crippen molar-refractivity contribution < 1.29 is 0 Å². The van der Waals surface area contributed by atoms with Crippen LogP contribution in [0.1, 0.15) is 47.0 Å². The number of rotatable bonds is 3. The predicted molar refractivity (Wildman–Crippen MR) is 76.2 cm³/mol. The van der Waals surface area contributed by atoms with Gasteiger partial charge < -0.3 is 4.90 Å². The highest BCUT2D eigenvalue weighted by atomic mass is 79.9. The van der Waals surface area contributed by atoms with E-state index in [1.807, 2.05) is 0 Å². The molecule has 2 atom stereocenters. The molecule has 0 amide bonds. The molecule has 1 nitrogen and oxygen atoms in total. The molecule has 1 saturated heterocycles.